The Hall–Kier alpha value is -1.13. The van der Waals surface area contributed by atoms with E-state index in [4.69, 9.17) is 0 Å². The van der Waals surface area contributed by atoms with Crippen molar-refractivity contribution < 1.29 is 5.11 Å². The lowest BCUT2D eigenvalue weighted by Gasteiger charge is -2.06. The molecule has 2 heterocycles. The minimum atomic E-state index is -0.289. The number of nitrogens with zero attached hydrogens (tertiary/aromatic N) is 2. The summed E-state index contributed by atoms with van der Waals surface area (Å²) in [7, 11) is -0.0695. The maximum Gasteiger partial charge on any atom is 0.184 e. The Labute approximate surface area is 118 Å². The van der Waals surface area contributed by atoms with E-state index in [1.165, 1.54) is 16.9 Å². The number of imidazole rings is 1. The molecule has 0 amide bonds. The van der Waals surface area contributed by atoms with Crippen LogP contribution < -0.4 is 0 Å². The standard InChI is InChI=1S/C15H23N2OS/c1-12(2)4-5-14-6-9-19(15(14)10-13(3)18)17-8-7-16-11-17/h6-9,11-13,18H,4-5,10H2,1-3H3/q+1. The summed E-state index contributed by atoms with van der Waals surface area (Å²) in [5, 5.41) is 12.0. The van der Waals surface area contributed by atoms with E-state index < -0.39 is 0 Å². The SMILES string of the molecule is CC(C)CCc1cc[s+](-n2ccnc2)c1CC(C)O. The second-order valence-electron chi connectivity index (χ2n) is 5.47. The maximum atomic E-state index is 9.74. The van der Waals surface area contributed by atoms with Gasteiger partial charge in [-0.2, -0.15) is 0 Å². The van der Waals surface area contributed by atoms with E-state index in [9.17, 15) is 5.11 Å². The van der Waals surface area contributed by atoms with Crippen molar-refractivity contribution >= 4 is 10.7 Å². The molecule has 0 radical (unpaired) electrons. The average Bonchev–Trinajstić information content (AvgIpc) is 2.94. The van der Waals surface area contributed by atoms with Crippen molar-refractivity contribution in [1.29, 1.82) is 0 Å². The molecule has 0 spiro atoms. The van der Waals surface area contributed by atoms with Gasteiger partial charge in [0.25, 0.3) is 0 Å². The monoisotopic (exact) mass is 279 g/mol. The molecule has 0 aliphatic heterocycles. The highest BCUT2D eigenvalue weighted by atomic mass is 32.2. The molecule has 1 N–H and O–H groups in total. The Bertz CT molecular complexity index is 500. The third-order valence-corrected chi connectivity index (χ3v) is 5.19. The Morgan fingerprint density at radius 2 is 2.16 bits per heavy atom. The first-order valence-corrected chi connectivity index (χ1v) is 8.12. The molecule has 2 atom stereocenters. The van der Waals surface area contributed by atoms with Crippen LogP contribution >= 0.6 is 10.7 Å². The fourth-order valence-electron chi connectivity index (χ4n) is 2.17. The van der Waals surface area contributed by atoms with E-state index in [-0.39, 0.29) is 16.8 Å². The predicted molar refractivity (Wildman–Crippen MR) is 80.5 cm³/mol. The molecule has 0 fully saturated rings. The number of hydrogen-bond donors (Lipinski definition) is 1. The topological polar surface area (TPSA) is 38.0 Å². The van der Waals surface area contributed by atoms with Gasteiger partial charge >= 0.3 is 0 Å². The quantitative estimate of drug-likeness (QED) is 0.822. The number of aliphatic hydroxyl groups excluding tert-OH is 1. The van der Waals surface area contributed by atoms with Crippen LogP contribution in [0.15, 0.2) is 30.2 Å². The van der Waals surface area contributed by atoms with Crippen LogP contribution in [0.1, 0.15) is 37.6 Å². The van der Waals surface area contributed by atoms with Gasteiger partial charge in [0.15, 0.2) is 10.3 Å². The van der Waals surface area contributed by atoms with Crippen molar-refractivity contribution in [3.8, 4) is 0 Å². The van der Waals surface area contributed by atoms with Crippen molar-refractivity contribution in [1.82, 2.24) is 8.96 Å². The van der Waals surface area contributed by atoms with Crippen LogP contribution in [-0.4, -0.2) is 20.2 Å². The van der Waals surface area contributed by atoms with E-state index in [0.29, 0.717) is 5.92 Å². The lowest BCUT2D eigenvalue weighted by molar-refractivity contribution is 0.196. The average molecular weight is 279 g/mol. The molecule has 2 unspecified atom stereocenters. The van der Waals surface area contributed by atoms with Gasteiger partial charge in [-0.15, -0.1) is 3.97 Å². The van der Waals surface area contributed by atoms with E-state index in [2.05, 4.69) is 34.3 Å². The van der Waals surface area contributed by atoms with Crippen LogP contribution in [0.25, 0.3) is 0 Å². The second-order valence-corrected chi connectivity index (χ2v) is 7.29. The van der Waals surface area contributed by atoms with Gasteiger partial charge in [-0.1, -0.05) is 13.8 Å². The zero-order valence-electron chi connectivity index (χ0n) is 11.9. The number of thiophene rings is 1. The van der Waals surface area contributed by atoms with Crippen LogP contribution in [-0.2, 0) is 12.8 Å². The van der Waals surface area contributed by atoms with Gasteiger partial charge in [0.05, 0.1) is 24.9 Å². The normalized spacial score (nSPS) is 14.1. The van der Waals surface area contributed by atoms with Crippen molar-refractivity contribution in [3.63, 3.8) is 0 Å². The highest BCUT2D eigenvalue weighted by Gasteiger charge is 2.23. The summed E-state index contributed by atoms with van der Waals surface area (Å²) in [6, 6.07) is 2.24. The van der Waals surface area contributed by atoms with Crippen molar-refractivity contribution in [3.05, 3.63) is 40.6 Å². The van der Waals surface area contributed by atoms with Gasteiger partial charge in [0.1, 0.15) is 17.0 Å². The largest absolute Gasteiger partial charge is 0.393 e. The van der Waals surface area contributed by atoms with Crippen LogP contribution in [0.4, 0.5) is 0 Å². The van der Waals surface area contributed by atoms with Crippen molar-refractivity contribution in [2.75, 3.05) is 0 Å². The zero-order valence-corrected chi connectivity index (χ0v) is 12.7. The number of aliphatic hydroxyl groups is 1. The van der Waals surface area contributed by atoms with Crippen molar-refractivity contribution in [2.24, 2.45) is 5.92 Å². The Morgan fingerprint density at radius 3 is 2.74 bits per heavy atom. The van der Waals surface area contributed by atoms with E-state index in [0.717, 1.165) is 12.8 Å². The first kappa shape index (κ1) is 14.3. The highest BCUT2D eigenvalue weighted by molar-refractivity contribution is 7.28. The molecule has 0 aliphatic rings. The molecule has 4 heteroatoms. The third-order valence-electron chi connectivity index (χ3n) is 3.19. The van der Waals surface area contributed by atoms with Gasteiger partial charge in [-0.05, 0) is 25.7 Å². The molecule has 0 aromatic carbocycles. The van der Waals surface area contributed by atoms with E-state index in [1.807, 2.05) is 25.6 Å². The fraction of sp³-hybridized carbons (Fsp3) is 0.533. The summed E-state index contributed by atoms with van der Waals surface area (Å²) in [4.78, 5) is 5.50. The first-order valence-electron chi connectivity index (χ1n) is 6.87. The van der Waals surface area contributed by atoms with E-state index in [1.54, 1.807) is 0 Å². The highest BCUT2D eigenvalue weighted by Crippen LogP contribution is 2.32. The minimum absolute atomic E-state index is 0.0695. The lowest BCUT2D eigenvalue weighted by atomic mass is 10.0. The molecule has 0 bridgehead atoms. The fourth-order valence-corrected chi connectivity index (χ4v) is 4.21. The molecule has 19 heavy (non-hydrogen) atoms. The summed E-state index contributed by atoms with van der Waals surface area (Å²) < 4.78 is 2.14. The van der Waals surface area contributed by atoms with Crippen LogP contribution in [0.5, 0.6) is 0 Å². The molecule has 0 saturated heterocycles. The molecule has 104 valence electrons. The number of rotatable bonds is 6. The molecular formula is C15H23N2OS+. The molecule has 0 aliphatic carbocycles. The minimum Gasteiger partial charge on any atom is -0.393 e. The predicted octanol–water partition coefficient (Wildman–Crippen LogP) is 3.46. The summed E-state index contributed by atoms with van der Waals surface area (Å²) in [5.41, 5.74) is 1.41. The molecule has 0 saturated carbocycles. The first-order chi connectivity index (χ1) is 9.08. The van der Waals surface area contributed by atoms with Gasteiger partial charge in [0.2, 0.25) is 0 Å². The van der Waals surface area contributed by atoms with Gasteiger partial charge in [-0.3, -0.25) is 0 Å². The Balaban J connectivity index is 2.28. The van der Waals surface area contributed by atoms with Crippen LogP contribution in [0, 0.1) is 5.92 Å². The van der Waals surface area contributed by atoms with Crippen LogP contribution in [0.3, 0.4) is 0 Å². The maximum absolute atomic E-state index is 9.74. The third kappa shape index (κ3) is 3.67. The zero-order chi connectivity index (χ0) is 13.8. The van der Waals surface area contributed by atoms with Gasteiger partial charge in [0, 0.05) is 11.6 Å². The smallest absolute Gasteiger partial charge is 0.184 e. The summed E-state index contributed by atoms with van der Waals surface area (Å²) in [5.74, 6) is 0.712. The number of aromatic nitrogens is 2. The van der Waals surface area contributed by atoms with E-state index >= 15 is 0 Å². The Morgan fingerprint density at radius 1 is 1.37 bits per heavy atom. The summed E-state index contributed by atoms with van der Waals surface area (Å²) >= 11 is 0. The molecule has 2 rings (SSSR count). The second kappa shape index (κ2) is 6.35. The summed E-state index contributed by atoms with van der Waals surface area (Å²) in [6.07, 6.45) is 8.44. The van der Waals surface area contributed by atoms with Gasteiger partial charge in [-0.25, -0.2) is 4.98 Å². The van der Waals surface area contributed by atoms with Gasteiger partial charge < -0.3 is 5.11 Å². The summed E-state index contributed by atoms with van der Waals surface area (Å²) in [6.45, 7) is 6.37. The molecule has 3 nitrogen and oxygen atoms in total. The van der Waals surface area contributed by atoms with Crippen molar-refractivity contribution in [2.45, 2.75) is 46.1 Å². The lowest BCUT2D eigenvalue weighted by Crippen LogP contribution is -2.06. The molecular weight excluding hydrogens is 256 g/mol. The molecule has 2 aromatic heterocycles. The number of aryl methyl sites for hydroxylation is 1. The number of hydrogen-bond acceptors (Lipinski definition) is 2. The van der Waals surface area contributed by atoms with Crippen LogP contribution in [0.2, 0.25) is 0 Å². The Kier molecular flexibility index (Phi) is 4.77. The molecule has 2 aromatic rings.